The molecule has 0 atom stereocenters. The molecule has 0 N–H and O–H groups in total. The van der Waals surface area contributed by atoms with Crippen molar-refractivity contribution in [2.45, 2.75) is 33.1 Å². The number of carbonyl (C=O) groups excluding carboxylic acids is 2. The van der Waals surface area contributed by atoms with Crippen LogP contribution < -0.4 is 0 Å². The largest absolute Gasteiger partial charge is 0.500 e. The van der Waals surface area contributed by atoms with Gasteiger partial charge < -0.3 is 9.47 Å². The van der Waals surface area contributed by atoms with Crippen molar-refractivity contribution in [2.75, 3.05) is 13.2 Å². The van der Waals surface area contributed by atoms with E-state index in [1.54, 1.807) is 6.92 Å². The van der Waals surface area contributed by atoms with Crippen LogP contribution in [0.4, 0.5) is 8.78 Å². The predicted octanol–water partition coefficient (Wildman–Crippen LogP) is 2.08. The lowest BCUT2D eigenvalue weighted by Crippen LogP contribution is -2.32. The van der Waals surface area contributed by atoms with Gasteiger partial charge in [0.15, 0.2) is 0 Å². The number of carbonyl (C=O) groups is 2. The highest BCUT2D eigenvalue weighted by Crippen LogP contribution is 2.23. The van der Waals surface area contributed by atoms with Gasteiger partial charge in [-0.2, -0.15) is 8.78 Å². The molecule has 0 saturated heterocycles. The highest BCUT2D eigenvalue weighted by molar-refractivity contribution is 6.19. The molecule has 0 bridgehead atoms. The molecule has 0 rings (SSSR count). The fourth-order valence-electron chi connectivity index (χ4n) is 0.927. The number of esters is 1. The summed E-state index contributed by atoms with van der Waals surface area (Å²) in [6.45, 7) is 4.42. The Kier molecular flexibility index (Phi) is 6.38. The summed E-state index contributed by atoms with van der Waals surface area (Å²) in [5.74, 6) is -6.26. The van der Waals surface area contributed by atoms with E-state index in [9.17, 15) is 18.4 Å². The summed E-state index contributed by atoms with van der Waals surface area (Å²) in [4.78, 5) is 22.7. The Hall–Kier alpha value is -1.46. The molecular weight excluding hydrogens is 234 g/mol. The van der Waals surface area contributed by atoms with Gasteiger partial charge >= 0.3 is 11.9 Å². The Morgan fingerprint density at radius 1 is 1.18 bits per heavy atom. The quantitative estimate of drug-likeness (QED) is 0.228. The zero-order valence-corrected chi connectivity index (χ0v) is 10.1. The second-order valence-corrected chi connectivity index (χ2v) is 3.09. The van der Waals surface area contributed by atoms with E-state index < -0.39 is 29.7 Å². The van der Waals surface area contributed by atoms with Crippen molar-refractivity contribution in [3.63, 3.8) is 0 Å². The lowest BCUT2D eigenvalue weighted by atomic mass is 10.1. The fraction of sp³-hybridized carbons (Fsp3) is 0.636. The van der Waals surface area contributed by atoms with Gasteiger partial charge in [-0.15, -0.1) is 0 Å². The van der Waals surface area contributed by atoms with Crippen LogP contribution in [0.25, 0.3) is 0 Å². The van der Waals surface area contributed by atoms with Gasteiger partial charge in [0.25, 0.3) is 0 Å². The van der Waals surface area contributed by atoms with E-state index in [2.05, 4.69) is 4.74 Å². The number of halogens is 2. The highest BCUT2D eigenvalue weighted by atomic mass is 19.3. The average Bonchev–Trinajstić information content (AvgIpc) is 2.29. The summed E-state index contributed by atoms with van der Waals surface area (Å²) < 4.78 is 35.6. The minimum atomic E-state index is -3.59. The number of hydrogen-bond donors (Lipinski definition) is 0. The Morgan fingerprint density at radius 2 is 1.76 bits per heavy atom. The topological polar surface area (TPSA) is 52.6 Å². The fourth-order valence-corrected chi connectivity index (χ4v) is 0.927. The van der Waals surface area contributed by atoms with Crippen LogP contribution in [-0.4, -0.2) is 30.9 Å². The first-order chi connectivity index (χ1) is 7.90. The number of alkyl halides is 2. The van der Waals surface area contributed by atoms with Crippen LogP contribution in [0.5, 0.6) is 0 Å². The third-order valence-electron chi connectivity index (χ3n) is 1.88. The van der Waals surface area contributed by atoms with Crippen molar-refractivity contribution in [1.82, 2.24) is 0 Å². The van der Waals surface area contributed by atoms with E-state index in [-0.39, 0.29) is 13.2 Å². The second kappa shape index (κ2) is 6.98. The van der Waals surface area contributed by atoms with Crippen molar-refractivity contribution in [1.29, 1.82) is 0 Å². The summed E-state index contributed by atoms with van der Waals surface area (Å²) in [5.41, 5.74) is -0.763. The first-order valence-electron chi connectivity index (χ1n) is 5.32. The van der Waals surface area contributed by atoms with Crippen molar-refractivity contribution < 1.29 is 27.8 Å². The number of hydrogen-bond acceptors (Lipinski definition) is 4. The Morgan fingerprint density at radius 3 is 2.18 bits per heavy atom. The summed E-state index contributed by atoms with van der Waals surface area (Å²) in [7, 11) is 0. The first kappa shape index (κ1) is 15.5. The van der Waals surface area contributed by atoms with Gasteiger partial charge in [0.05, 0.1) is 13.2 Å². The van der Waals surface area contributed by atoms with Crippen LogP contribution in [-0.2, 0) is 19.1 Å². The van der Waals surface area contributed by atoms with E-state index in [1.807, 2.05) is 0 Å². The monoisotopic (exact) mass is 250 g/mol. The number of ketones is 1. The normalized spacial score (nSPS) is 12.2. The number of rotatable bonds is 7. The molecule has 0 heterocycles. The van der Waals surface area contributed by atoms with Crippen molar-refractivity contribution in [3.05, 3.63) is 11.8 Å². The third-order valence-corrected chi connectivity index (χ3v) is 1.88. The molecule has 0 amide bonds. The third kappa shape index (κ3) is 4.50. The van der Waals surface area contributed by atoms with E-state index in [1.165, 1.54) is 6.92 Å². The van der Waals surface area contributed by atoms with Gasteiger partial charge in [-0.3, -0.25) is 4.79 Å². The van der Waals surface area contributed by atoms with E-state index in [4.69, 9.17) is 4.74 Å². The molecule has 0 radical (unpaired) electrons. The molecule has 0 aliphatic rings. The van der Waals surface area contributed by atoms with Gasteiger partial charge in [0.1, 0.15) is 11.8 Å². The van der Waals surface area contributed by atoms with Crippen LogP contribution in [0.3, 0.4) is 0 Å². The summed E-state index contributed by atoms with van der Waals surface area (Å²) in [6.07, 6.45) is 0.0403. The molecule has 0 fully saturated rings. The van der Waals surface area contributed by atoms with Gasteiger partial charge in [-0.25, -0.2) is 4.79 Å². The van der Waals surface area contributed by atoms with Gasteiger partial charge in [-0.05, 0) is 13.8 Å². The molecule has 98 valence electrons. The maximum absolute atomic E-state index is 13.2. The van der Waals surface area contributed by atoms with Crippen LogP contribution in [0, 0.1) is 0 Å². The Bertz CT molecular complexity index is 311. The smallest absolute Gasteiger partial charge is 0.345 e. The lowest BCUT2D eigenvalue weighted by molar-refractivity contribution is -0.147. The SMILES string of the molecule is CCO/C=C(\C(=O)OCC)C(=O)C(F)(F)CC. The highest BCUT2D eigenvalue weighted by Gasteiger charge is 2.41. The van der Waals surface area contributed by atoms with Crippen molar-refractivity contribution >= 4 is 11.8 Å². The molecular formula is C11H16F2O4. The number of ether oxygens (including phenoxy) is 2. The molecule has 0 aromatic heterocycles. The maximum atomic E-state index is 13.2. The second-order valence-electron chi connectivity index (χ2n) is 3.09. The zero-order chi connectivity index (χ0) is 13.5. The maximum Gasteiger partial charge on any atom is 0.345 e. The van der Waals surface area contributed by atoms with Crippen molar-refractivity contribution in [2.24, 2.45) is 0 Å². The summed E-state index contributed by atoms with van der Waals surface area (Å²) >= 11 is 0. The average molecular weight is 250 g/mol. The molecule has 0 aliphatic heterocycles. The minimum Gasteiger partial charge on any atom is -0.500 e. The first-order valence-corrected chi connectivity index (χ1v) is 5.32. The van der Waals surface area contributed by atoms with Crippen LogP contribution in [0.15, 0.2) is 11.8 Å². The standard InChI is InChI=1S/C11H16F2O4/c1-4-11(12,13)9(14)8(7-16-5-2)10(15)17-6-3/h7H,4-6H2,1-3H3/b8-7-. The Balaban J connectivity index is 5.06. The van der Waals surface area contributed by atoms with E-state index in [0.29, 0.717) is 0 Å². The predicted molar refractivity (Wildman–Crippen MR) is 56.6 cm³/mol. The van der Waals surface area contributed by atoms with Crippen LogP contribution in [0.2, 0.25) is 0 Å². The molecule has 6 heteroatoms. The molecule has 17 heavy (non-hydrogen) atoms. The van der Waals surface area contributed by atoms with Gasteiger partial charge in [-0.1, -0.05) is 6.92 Å². The molecule has 4 nitrogen and oxygen atoms in total. The zero-order valence-electron chi connectivity index (χ0n) is 10.1. The van der Waals surface area contributed by atoms with Gasteiger partial charge in [0, 0.05) is 6.42 Å². The minimum absolute atomic E-state index is 0.00667. The van der Waals surface area contributed by atoms with E-state index in [0.717, 1.165) is 13.2 Å². The molecule has 0 aromatic rings. The van der Waals surface area contributed by atoms with Crippen LogP contribution in [0.1, 0.15) is 27.2 Å². The molecule has 0 aromatic carbocycles. The summed E-state index contributed by atoms with van der Waals surface area (Å²) in [5, 5.41) is 0. The molecule has 0 unspecified atom stereocenters. The number of Topliss-reactive ketones (excluding diaryl/α,β-unsaturated/α-hetero) is 1. The summed E-state index contributed by atoms with van der Waals surface area (Å²) in [6, 6.07) is 0. The van der Waals surface area contributed by atoms with Gasteiger partial charge in [0.2, 0.25) is 5.78 Å². The Labute approximate surface area is 98.6 Å². The molecule has 0 spiro atoms. The van der Waals surface area contributed by atoms with Crippen molar-refractivity contribution in [3.8, 4) is 0 Å². The lowest BCUT2D eigenvalue weighted by Gasteiger charge is -2.14. The molecule has 0 aliphatic carbocycles. The van der Waals surface area contributed by atoms with Crippen LogP contribution >= 0.6 is 0 Å². The van der Waals surface area contributed by atoms with E-state index >= 15 is 0 Å². The molecule has 0 saturated carbocycles.